The van der Waals surface area contributed by atoms with Crippen molar-refractivity contribution in [2.24, 2.45) is 0 Å². The smallest absolute Gasteiger partial charge is 0.408 e. The van der Waals surface area contributed by atoms with Gasteiger partial charge in [-0.1, -0.05) is 26.7 Å². The predicted molar refractivity (Wildman–Crippen MR) is 122 cm³/mol. The Labute approximate surface area is 192 Å². The Kier molecular flexibility index (Phi) is 18.3. The van der Waals surface area contributed by atoms with Crippen molar-refractivity contribution < 1.29 is 19.1 Å². The Bertz CT molecular complexity index is 551. The summed E-state index contributed by atoms with van der Waals surface area (Å²) in [6.07, 6.45) is 4.99. The van der Waals surface area contributed by atoms with Crippen molar-refractivity contribution in [3.8, 4) is 0 Å². The van der Waals surface area contributed by atoms with Gasteiger partial charge in [-0.15, -0.1) is 24.8 Å². The summed E-state index contributed by atoms with van der Waals surface area (Å²) in [5.41, 5.74) is 0.971. The first-order valence-electron chi connectivity index (χ1n) is 10.0. The van der Waals surface area contributed by atoms with Crippen LogP contribution in [-0.4, -0.2) is 47.6 Å². The van der Waals surface area contributed by atoms with Crippen LogP contribution in [0.2, 0.25) is 0 Å². The van der Waals surface area contributed by atoms with E-state index < -0.39 is 24.6 Å². The Balaban J connectivity index is 0. The van der Waals surface area contributed by atoms with Crippen molar-refractivity contribution in [1.29, 1.82) is 0 Å². The molecule has 0 radical (unpaired) electrons. The van der Waals surface area contributed by atoms with Crippen LogP contribution in [0, 0.1) is 0 Å². The number of hydrogen-bond donors (Lipinski definition) is 2. The van der Waals surface area contributed by atoms with Crippen LogP contribution in [0.4, 0.5) is 9.59 Å². The molecule has 0 saturated carbocycles. The van der Waals surface area contributed by atoms with Crippen molar-refractivity contribution in [1.82, 2.24) is 20.5 Å². The van der Waals surface area contributed by atoms with Gasteiger partial charge in [0.05, 0.1) is 0 Å². The zero-order valence-electron chi connectivity index (χ0n) is 18.3. The number of unbranched alkanes of at least 4 members (excludes halogenated alkanes) is 2. The molecule has 2 amide bonds. The molecule has 10 heteroatoms. The van der Waals surface area contributed by atoms with E-state index in [0.29, 0.717) is 19.6 Å². The molecule has 0 aromatic carbocycles. The molecule has 0 aliphatic rings. The predicted octanol–water partition coefficient (Wildman–Crippen LogP) is 4.47. The molecule has 0 fully saturated rings. The number of carbonyl (C=O) groups excluding carboxylic acids is 2. The highest BCUT2D eigenvalue weighted by atomic mass is 35.5. The van der Waals surface area contributed by atoms with Crippen LogP contribution in [0.3, 0.4) is 0 Å². The van der Waals surface area contributed by atoms with Crippen LogP contribution in [0.25, 0.3) is 0 Å². The number of halogens is 2. The fraction of sp³-hybridized carbons (Fsp3) is 0.650. The fourth-order valence-electron chi connectivity index (χ4n) is 2.51. The number of alkyl carbamates (subject to hydrolysis) is 2. The summed E-state index contributed by atoms with van der Waals surface area (Å²) < 4.78 is 11.0. The number of hydrogen-bond acceptors (Lipinski definition) is 6. The molecule has 0 aliphatic carbocycles. The standard InChI is InChI=1S/C20H34N4O4.2ClH/c1-5-7-11-22-19(25)27-16(3)24(15-18-9-13-21-14-10-18)17(4)28-20(26)23-12-8-6-2;;/h9-10,13-14,16-17H,5-8,11-12,15H2,1-4H3,(H,22,25)(H,23,26);2*1H. The molecule has 2 unspecified atom stereocenters. The highest BCUT2D eigenvalue weighted by molar-refractivity contribution is 5.85. The van der Waals surface area contributed by atoms with E-state index in [4.69, 9.17) is 9.47 Å². The van der Waals surface area contributed by atoms with Gasteiger partial charge in [-0.05, 0) is 44.4 Å². The summed E-state index contributed by atoms with van der Waals surface area (Å²) in [5, 5.41) is 5.46. The number of nitrogens with zero attached hydrogens (tertiary/aromatic N) is 2. The first-order chi connectivity index (χ1) is 13.5. The van der Waals surface area contributed by atoms with Crippen LogP contribution in [-0.2, 0) is 16.0 Å². The lowest BCUT2D eigenvalue weighted by Crippen LogP contribution is -2.46. The van der Waals surface area contributed by atoms with Gasteiger partial charge in [0.15, 0.2) is 12.5 Å². The van der Waals surface area contributed by atoms with Gasteiger partial charge in [-0.3, -0.25) is 4.98 Å². The molecule has 2 atom stereocenters. The maximum absolute atomic E-state index is 12.0. The second-order valence-corrected chi connectivity index (χ2v) is 6.60. The zero-order valence-corrected chi connectivity index (χ0v) is 19.9. The largest absolute Gasteiger partial charge is 0.430 e. The van der Waals surface area contributed by atoms with Crippen molar-refractivity contribution >= 4 is 37.0 Å². The lowest BCUT2D eigenvalue weighted by atomic mass is 10.2. The third-order valence-corrected chi connectivity index (χ3v) is 4.20. The van der Waals surface area contributed by atoms with Crippen LogP contribution in [0.5, 0.6) is 0 Å². The highest BCUT2D eigenvalue weighted by Gasteiger charge is 2.26. The van der Waals surface area contributed by atoms with Crippen molar-refractivity contribution in [2.45, 2.75) is 72.4 Å². The van der Waals surface area contributed by atoms with Gasteiger partial charge in [0.25, 0.3) is 0 Å². The van der Waals surface area contributed by atoms with E-state index in [1.165, 1.54) is 0 Å². The van der Waals surface area contributed by atoms with Gasteiger partial charge >= 0.3 is 12.2 Å². The molecule has 1 aromatic heterocycles. The Hall–Kier alpha value is -1.77. The number of ether oxygens (including phenoxy) is 2. The van der Waals surface area contributed by atoms with E-state index in [2.05, 4.69) is 29.5 Å². The lowest BCUT2D eigenvalue weighted by Gasteiger charge is -2.33. The third-order valence-electron chi connectivity index (χ3n) is 4.20. The summed E-state index contributed by atoms with van der Waals surface area (Å²) in [6, 6.07) is 3.74. The lowest BCUT2D eigenvalue weighted by molar-refractivity contribution is -0.0968. The fourth-order valence-corrected chi connectivity index (χ4v) is 2.51. The van der Waals surface area contributed by atoms with E-state index in [-0.39, 0.29) is 24.8 Å². The maximum Gasteiger partial charge on any atom is 0.408 e. The molecule has 2 N–H and O–H groups in total. The van der Waals surface area contributed by atoms with Gasteiger partial charge < -0.3 is 20.1 Å². The minimum atomic E-state index is -0.590. The monoisotopic (exact) mass is 466 g/mol. The topological polar surface area (TPSA) is 92.8 Å². The maximum atomic E-state index is 12.0. The Morgan fingerprint density at radius 3 is 1.77 bits per heavy atom. The summed E-state index contributed by atoms with van der Waals surface area (Å²) in [6.45, 7) is 9.20. The van der Waals surface area contributed by atoms with E-state index in [1.807, 2.05) is 12.1 Å². The summed E-state index contributed by atoms with van der Waals surface area (Å²) in [7, 11) is 0. The number of carbonyl (C=O) groups is 2. The third kappa shape index (κ3) is 12.7. The average Bonchev–Trinajstić information content (AvgIpc) is 2.67. The van der Waals surface area contributed by atoms with E-state index in [0.717, 1.165) is 31.2 Å². The number of amides is 2. The Morgan fingerprint density at radius 1 is 0.933 bits per heavy atom. The quantitative estimate of drug-likeness (QED) is 0.348. The molecule has 0 aliphatic heterocycles. The molecule has 0 spiro atoms. The molecule has 1 rings (SSSR count). The second-order valence-electron chi connectivity index (χ2n) is 6.60. The number of pyridine rings is 1. The summed E-state index contributed by atoms with van der Waals surface area (Å²) >= 11 is 0. The number of nitrogens with one attached hydrogen (secondary N) is 2. The average molecular weight is 467 g/mol. The van der Waals surface area contributed by atoms with Gasteiger partial charge in [0, 0.05) is 32.0 Å². The molecule has 8 nitrogen and oxygen atoms in total. The van der Waals surface area contributed by atoms with Crippen LogP contribution < -0.4 is 10.6 Å². The molecule has 174 valence electrons. The van der Waals surface area contributed by atoms with Crippen LogP contribution >= 0.6 is 24.8 Å². The van der Waals surface area contributed by atoms with Crippen LogP contribution in [0.15, 0.2) is 24.5 Å². The number of aromatic nitrogens is 1. The minimum Gasteiger partial charge on any atom is -0.430 e. The minimum absolute atomic E-state index is 0. The molecule has 1 heterocycles. The molecular formula is C20H36Cl2N4O4. The van der Waals surface area contributed by atoms with E-state index >= 15 is 0 Å². The van der Waals surface area contributed by atoms with Crippen molar-refractivity contribution in [3.63, 3.8) is 0 Å². The van der Waals surface area contributed by atoms with Crippen LogP contribution in [0.1, 0.15) is 58.9 Å². The molecule has 30 heavy (non-hydrogen) atoms. The molecule has 0 bridgehead atoms. The van der Waals surface area contributed by atoms with E-state index in [9.17, 15) is 9.59 Å². The SMILES string of the molecule is CCCCNC(=O)OC(C)N(Cc1ccncc1)C(C)OC(=O)NCCCC.Cl.Cl. The molecule has 0 saturated heterocycles. The molecule has 1 aromatic rings. The van der Waals surface area contributed by atoms with E-state index in [1.54, 1.807) is 31.1 Å². The first kappa shape index (κ1) is 30.4. The molecular weight excluding hydrogens is 431 g/mol. The van der Waals surface area contributed by atoms with Gasteiger partial charge in [0.2, 0.25) is 0 Å². The zero-order chi connectivity index (χ0) is 20.8. The van der Waals surface area contributed by atoms with Gasteiger partial charge in [0.1, 0.15) is 0 Å². The normalized spacial score (nSPS) is 12.0. The number of rotatable bonds is 12. The summed E-state index contributed by atoms with van der Waals surface area (Å²) in [4.78, 5) is 29.8. The first-order valence-corrected chi connectivity index (χ1v) is 10.0. The van der Waals surface area contributed by atoms with Gasteiger partial charge in [-0.2, -0.15) is 0 Å². The Morgan fingerprint density at radius 2 is 1.37 bits per heavy atom. The second kappa shape index (κ2) is 18.0. The highest BCUT2D eigenvalue weighted by Crippen LogP contribution is 2.14. The van der Waals surface area contributed by atoms with Crippen molar-refractivity contribution in [2.75, 3.05) is 13.1 Å². The van der Waals surface area contributed by atoms with Gasteiger partial charge in [-0.25, -0.2) is 14.5 Å². The van der Waals surface area contributed by atoms with Crippen molar-refractivity contribution in [3.05, 3.63) is 30.1 Å². The summed E-state index contributed by atoms with van der Waals surface area (Å²) in [5.74, 6) is 0.